The van der Waals surface area contributed by atoms with Gasteiger partial charge in [-0.3, -0.25) is 4.79 Å². The number of hydrogen-bond acceptors (Lipinski definition) is 2. The average Bonchev–Trinajstić information content (AvgIpc) is 2.17. The number of ketones is 1. The first-order valence-electron chi connectivity index (χ1n) is 4.44. The van der Waals surface area contributed by atoms with Crippen LogP contribution in [0.1, 0.15) is 16.8 Å². The molecule has 1 aromatic rings. The van der Waals surface area contributed by atoms with Crippen molar-refractivity contribution in [3.8, 4) is 0 Å². The van der Waals surface area contributed by atoms with Crippen LogP contribution in [0.15, 0.2) is 23.1 Å². The molecule has 2 rings (SSSR count). The van der Waals surface area contributed by atoms with Crippen LogP contribution >= 0.6 is 11.8 Å². The van der Waals surface area contributed by atoms with Crippen molar-refractivity contribution in [2.24, 2.45) is 0 Å². The van der Waals surface area contributed by atoms with Gasteiger partial charge in [-0.15, -0.1) is 11.8 Å². The van der Waals surface area contributed by atoms with Gasteiger partial charge in [-0.1, -0.05) is 0 Å². The summed E-state index contributed by atoms with van der Waals surface area (Å²) in [4.78, 5) is 11.6. The third kappa shape index (κ3) is 2.07. The van der Waals surface area contributed by atoms with Gasteiger partial charge < -0.3 is 0 Å². The standard InChI is InChI=1S/C10H6F4OS/c11-5-1-2-8-6(3-5)7(15)4-9(16-8)10(12,13)14/h1-3,9H,4H2. The molecular weight excluding hydrogens is 244 g/mol. The van der Waals surface area contributed by atoms with Crippen LogP contribution in [0.2, 0.25) is 0 Å². The number of alkyl halides is 3. The van der Waals surface area contributed by atoms with E-state index in [0.29, 0.717) is 11.8 Å². The highest BCUT2D eigenvalue weighted by molar-refractivity contribution is 8.00. The molecule has 1 unspecified atom stereocenters. The lowest BCUT2D eigenvalue weighted by Gasteiger charge is -2.24. The Bertz CT molecular complexity index is 441. The number of carbonyl (C=O) groups is 1. The molecule has 0 aliphatic carbocycles. The highest BCUT2D eigenvalue weighted by atomic mass is 32.2. The second kappa shape index (κ2) is 3.76. The molecule has 1 atom stereocenters. The van der Waals surface area contributed by atoms with E-state index < -0.39 is 29.4 Å². The normalized spacial score (nSPS) is 20.8. The van der Waals surface area contributed by atoms with Crippen LogP contribution in [-0.4, -0.2) is 17.2 Å². The quantitative estimate of drug-likeness (QED) is 0.656. The molecule has 1 aromatic carbocycles. The predicted octanol–water partition coefficient (Wildman–Crippen LogP) is 3.44. The molecule has 0 N–H and O–H groups in total. The predicted molar refractivity (Wildman–Crippen MR) is 51.0 cm³/mol. The Morgan fingerprint density at radius 3 is 2.62 bits per heavy atom. The summed E-state index contributed by atoms with van der Waals surface area (Å²) < 4.78 is 50.1. The molecule has 1 aliphatic heterocycles. The Balaban J connectivity index is 2.38. The van der Waals surface area contributed by atoms with Gasteiger partial charge in [0.2, 0.25) is 0 Å². The maximum atomic E-state index is 12.8. The fourth-order valence-corrected chi connectivity index (χ4v) is 2.60. The maximum absolute atomic E-state index is 12.8. The summed E-state index contributed by atoms with van der Waals surface area (Å²) in [5.74, 6) is -1.27. The SMILES string of the molecule is O=C1CC(C(F)(F)F)Sc2ccc(F)cc21. The van der Waals surface area contributed by atoms with Gasteiger partial charge in [0, 0.05) is 16.9 Å². The Morgan fingerprint density at radius 1 is 1.31 bits per heavy atom. The van der Waals surface area contributed by atoms with E-state index in [1.165, 1.54) is 6.07 Å². The number of hydrogen-bond donors (Lipinski definition) is 0. The molecular formula is C10H6F4OS. The van der Waals surface area contributed by atoms with Crippen molar-refractivity contribution >= 4 is 17.5 Å². The fraction of sp³-hybridized carbons (Fsp3) is 0.300. The topological polar surface area (TPSA) is 17.1 Å². The lowest BCUT2D eigenvalue weighted by Crippen LogP contribution is -2.31. The minimum absolute atomic E-state index is 0.0468. The molecule has 0 spiro atoms. The zero-order chi connectivity index (χ0) is 11.9. The van der Waals surface area contributed by atoms with Crippen molar-refractivity contribution in [3.63, 3.8) is 0 Å². The maximum Gasteiger partial charge on any atom is 0.401 e. The molecule has 0 fully saturated rings. The Hall–Kier alpha value is -1.04. The molecule has 0 saturated heterocycles. The Morgan fingerprint density at radius 2 is 2.00 bits per heavy atom. The number of rotatable bonds is 0. The van der Waals surface area contributed by atoms with E-state index in [1.807, 2.05) is 0 Å². The fourth-order valence-electron chi connectivity index (χ4n) is 1.48. The summed E-state index contributed by atoms with van der Waals surface area (Å²) in [6, 6.07) is 3.25. The van der Waals surface area contributed by atoms with E-state index in [9.17, 15) is 22.4 Å². The van der Waals surface area contributed by atoms with Gasteiger partial charge in [0.05, 0.1) is 0 Å². The van der Waals surface area contributed by atoms with Crippen LogP contribution in [0.5, 0.6) is 0 Å². The third-order valence-corrected chi connectivity index (χ3v) is 3.58. The van der Waals surface area contributed by atoms with Gasteiger partial charge >= 0.3 is 6.18 Å². The lowest BCUT2D eigenvalue weighted by atomic mass is 10.1. The molecule has 6 heteroatoms. The molecule has 0 radical (unpaired) electrons. The van der Waals surface area contributed by atoms with Crippen molar-refractivity contribution in [1.29, 1.82) is 0 Å². The van der Waals surface area contributed by atoms with Crippen LogP contribution in [0.3, 0.4) is 0 Å². The monoisotopic (exact) mass is 250 g/mol. The highest BCUT2D eigenvalue weighted by Crippen LogP contribution is 2.43. The van der Waals surface area contributed by atoms with E-state index in [-0.39, 0.29) is 10.5 Å². The van der Waals surface area contributed by atoms with E-state index in [1.54, 1.807) is 0 Å². The van der Waals surface area contributed by atoms with Gasteiger partial charge in [-0.05, 0) is 18.2 Å². The summed E-state index contributed by atoms with van der Waals surface area (Å²) in [7, 11) is 0. The van der Waals surface area contributed by atoms with Gasteiger partial charge in [0.15, 0.2) is 5.78 Å². The van der Waals surface area contributed by atoms with Crippen molar-refractivity contribution in [1.82, 2.24) is 0 Å². The molecule has 86 valence electrons. The second-order valence-corrected chi connectivity index (χ2v) is 4.66. The minimum Gasteiger partial charge on any atom is -0.294 e. The number of halogens is 4. The van der Waals surface area contributed by atoms with Crippen molar-refractivity contribution in [2.75, 3.05) is 0 Å². The van der Waals surface area contributed by atoms with Gasteiger partial charge in [0.25, 0.3) is 0 Å². The smallest absolute Gasteiger partial charge is 0.294 e. The summed E-state index contributed by atoms with van der Waals surface area (Å²) >= 11 is 0.564. The molecule has 0 amide bonds. The third-order valence-electron chi connectivity index (χ3n) is 2.25. The summed E-state index contributed by atoms with van der Waals surface area (Å²) in [5.41, 5.74) is 0.0468. The molecule has 1 heterocycles. The molecule has 1 nitrogen and oxygen atoms in total. The van der Waals surface area contributed by atoms with E-state index in [4.69, 9.17) is 0 Å². The number of carbonyl (C=O) groups excluding carboxylic acids is 1. The number of fused-ring (bicyclic) bond motifs is 1. The van der Waals surface area contributed by atoms with Crippen molar-refractivity contribution in [2.45, 2.75) is 22.7 Å². The summed E-state index contributed by atoms with van der Waals surface area (Å²) in [6.45, 7) is 0. The number of benzene rings is 1. The van der Waals surface area contributed by atoms with Gasteiger partial charge in [-0.2, -0.15) is 13.2 Å². The Kier molecular flexibility index (Phi) is 2.69. The summed E-state index contributed by atoms with van der Waals surface area (Å²) in [5, 5.41) is -1.72. The first-order chi connectivity index (χ1) is 7.38. The first kappa shape index (κ1) is 11.4. The average molecular weight is 250 g/mol. The lowest BCUT2D eigenvalue weighted by molar-refractivity contribution is -0.128. The summed E-state index contributed by atoms with van der Waals surface area (Å²) in [6.07, 6.45) is -5.03. The van der Waals surface area contributed by atoms with Crippen LogP contribution < -0.4 is 0 Å². The zero-order valence-electron chi connectivity index (χ0n) is 7.84. The number of Topliss-reactive ketones (excluding diaryl/α,β-unsaturated/α-hetero) is 1. The molecule has 16 heavy (non-hydrogen) atoms. The molecule has 0 aromatic heterocycles. The van der Waals surface area contributed by atoms with Crippen LogP contribution in [0, 0.1) is 5.82 Å². The zero-order valence-corrected chi connectivity index (χ0v) is 8.66. The van der Waals surface area contributed by atoms with Crippen molar-refractivity contribution < 1.29 is 22.4 Å². The van der Waals surface area contributed by atoms with E-state index >= 15 is 0 Å². The van der Waals surface area contributed by atoms with Crippen LogP contribution in [0.4, 0.5) is 17.6 Å². The van der Waals surface area contributed by atoms with Crippen molar-refractivity contribution in [3.05, 3.63) is 29.6 Å². The van der Waals surface area contributed by atoms with Gasteiger partial charge in [-0.25, -0.2) is 4.39 Å². The Labute approximate surface area is 92.8 Å². The molecule has 0 bridgehead atoms. The largest absolute Gasteiger partial charge is 0.401 e. The molecule has 0 saturated carbocycles. The van der Waals surface area contributed by atoms with Crippen LogP contribution in [0.25, 0.3) is 0 Å². The van der Waals surface area contributed by atoms with Crippen LogP contribution in [-0.2, 0) is 0 Å². The van der Waals surface area contributed by atoms with Gasteiger partial charge in [0.1, 0.15) is 11.1 Å². The first-order valence-corrected chi connectivity index (χ1v) is 5.32. The number of thioether (sulfide) groups is 1. The highest BCUT2D eigenvalue weighted by Gasteiger charge is 2.44. The minimum atomic E-state index is -4.41. The van der Waals surface area contributed by atoms with E-state index in [0.717, 1.165) is 12.1 Å². The van der Waals surface area contributed by atoms with E-state index in [2.05, 4.69) is 0 Å². The second-order valence-electron chi connectivity index (χ2n) is 3.42. The molecule has 1 aliphatic rings.